The van der Waals surface area contributed by atoms with E-state index >= 15 is 0 Å². The van der Waals surface area contributed by atoms with Crippen LogP contribution < -0.4 is 5.32 Å². The lowest BCUT2D eigenvalue weighted by Gasteiger charge is -2.33. The van der Waals surface area contributed by atoms with Crippen LogP contribution in [0.15, 0.2) is 35.3 Å². The van der Waals surface area contributed by atoms with Crippen molar-refractivity contribution in [2.45, 2.75) is 58.0 Å². The lowest BCUT2D eigenvalue weighted by molar-refractivity contribution is 0.421. The first-order chi connectivity index (χ1) is 9.36. The second-order valence-corrected chi connectivity index (χ2v) is 7.91. The van der Waals surface area contributed by atoms with E-state index < -0.39 is 0 Å². The highest BCUT2D eigenvalue weighted by Crippen LogP contribution is 2.26. The molecule has 0 unspecified atom stereocenters. The topological polar surface area (TPSA) is 24.4 Å². The summed E-state index contributed by atoms with van der Waals surface area (Å²) in [6.07, 6.45) is 3.37. The molecule has 0 amide bonds. The van der Waals surface area contributed by atoms with Crippen LogP contribution in [0.4, 0.5) is 0 Å². The van der Waals surface area contributed by atoms with Gasteiger partial charge in [-0.15, -0.1) is 0 Å². The Morgan fingerprint density at radius 3 is 2.60 bits per heavy atom. The molecule has 3 heteroatoms. The van der Waals surface area contributed by atoms with Crippen LogP contribution in [0.2, 0.25) is 0 Å². The van der Waals surface area contributed by atoms with Crippen molar-refractivity contribution < 1.29 is 0 Å². The summed E-state index contributed by atoms with van der Waals surface area (Å²) < 4.78 is 0. The third kappa shape index (κ3) is 4.86. The first kappa shape index (κ1) is 15.4. The maximum Gasteiger partial charge on any atom is 0.157 e. The molecule has 2 rings (SSSR count). The monoisotopic (exact) mass is 290 g/mol. The Morgan fingerprint density at radius 2 is 1.95 bits per heavy atom. The number of hydrogen-bond donors (Lipinski definition) is 1. The van der Waals surface area contributed by atoms with Crippen LogP contribution in [-0.2, 0) is 6.42 Å². The molecule has 0 aliphatic carbocycles. The van der Waals surface area contributed by atoms with Gasteiger partial charge < -0.3 is 5.32 Å². The van der Waals surface area contributed by atoms with Gasteiger partial charge in [-0.25, -0.2) is 0 Å². The molecule has 1 heterocycles. The molecule has 0 bridgehead atoms. The summed E-state index contributed by atoms with van der Waals surface area (Å²) in [7, 11) is 0. The largest absolute Gasteiger partial charge is 0.360 e. The predicted molar refractivity (Wildman–Crippen MR) is 90.6 cm³/mol. The zero-order valence-electron chi connectivity index (χ0n) is 13.1. The van der Waals surface area contributed by atoms with Gasteiger partial charge in [0, 0.05) is 11.3 Å². The van der Waals surface area contributed by atoms with Gasteiger partial charge in [0.1, 0.15) is 0 Å². The van der Waals surface area contributed by atoms with Crippen molar-refractivity contribution in [3.8, 4) is 0 Å². The number of hydrogen-bond acceptors (Lipinski definition) is 3. The Balaban J connectivity index is 1.92. The summed E-state index contributed by atoms with van der Waals surface area (Å²) in [5.74, 6) is 1.16. The van der Waals surface area contributed by atoms with Gasteiger partial charge in [-0.1, -0.05) is 42.1 Å². The molecule has 0 saturated carbocycles. The summed E-state index contributed by atoms with van der Waals surface area (Å²) in [5.41, 5.74) is 1.57. The third-order valence-electron chi connectivity index (χ3n) is 3.68. The zero-order chi connectivity index (χ0) is 14.6. The number of aryl methyl sites for hydroxylation is 1. The highest BCUT2D eigenvalue weighted by molar-refractivity contribution is 8.13. The maximum atomic E-state index is 4.82. The van der Waals surface area contributed by atoms with Crippen molar-refractivity contribution >= 4 is 16.9 Å². The van der Waals surface area contributed by atoms with E-state index in [2.05, 4.69) is 63.3 Å². The average Bonchev–Trinajstić information content (AvgIpc) is 2.36. The Bertz CT molecular complexity index is 463. The Morgan fingerprint density at radius 1 is 1.25 bits per heavy atom. The van der Waals surface area contributed by atoms with E-state index in [4.69, 9.17) is 4.99 Å². The molecule has 0 saturated heterocycles. The fourth-order valence-electron chi connectivity index (χ4n) is 2.28. The number of amidine groups is 1. The molecular weight excluding hydrogens is 264 g/mol. The summed E-state index contributed by atoms with van der Waals surface area (Å²) in [5, 5.41) is 4.74. The van der Waals surface area contributed by atoms with Gasteiger partial charge in [-0.2, -0.15) is 0 Å². The molecule has 1 N–H and O–H groups in total. The molecule has 110 valence electrons. The van der Waals surface area contributed by atoms with Crippen LogP contribution in [-0.4, -0.2) is 22.0 Å². The number of thioether (sulfide) groups is 1. The standard InChI is InChI=1S/C17H26N2S/c1-16(2,11-10-14-8-6-5-7-9-14)18-15-19-17(3,4)12-13-20-15/h5-9H,10-13H2,1-4H3,(H,18,19). The molecule has 0 radical (unpaired) electrons. The van der Waals surface area contributed by atoms with Crippen LogP contribution in [0.25, 0.3) is 0 Å². The van der Waals surface area contributed by atoms with Gasteiger partial charge in [0.15, 0.2) is 5.17 Å². The van der Waals surface area contributed by atoms with E-state index in [0.29, 0.717) is 0 Å². The van der Waals surface area contributed by atoms with Crippen LogP contribution in [0.3, 0.4) is 0 Å². The SMILES string of the molecule is CC1(C)CCSC(NC(C)(C)CCc2ccccc2)=N1. The van der Waals surface area contributed by atoms with Crippen LogP contribution >= 0.6 is 11.8 Å². The van der Waals surface area contributed by atoms with E-state index in [-0.39, 0.29) is 11.1 Å². The van der Waals surface area contributed by atoms with Crippen LogP contribution in [0.5, 0.6) is 0 Å². The van der Waals surface area contributed by atoms with Gasteiger partial charge in [0.05, 0.1) is 5.54 Å². The zero-order valence-corrected chi connectivity index (χ0v) is 13.9. The predicted octanol–water partition coefficient (Wildman–Crippen LogP) is 4.26. The highest BCUT2D eigenvalue weighted by Gasteiger charge is 2.26. The summed E-state index contributed by atoms with van der Waals surface area (Å²) in [6, 6.07) is 10.7. The molecular formula is C17H26N2S. The molecule has 20 heavy (non-hydrogen) atoms. The highest BCUT2D eigenvalue weighted by atomic mass is 32.2. The summed E-state index contributed by atoms with van der Waals surface area (Å²) in [6.45, 7) is 8.96. The fourth-order valence-corrected chi connectivity index (χ4v) is 3.73. The van der Waals surface area contributed by atoms with Gasteiger partial charge in [0.25, 0.3) is 0 Å². The smallest absolute Gasteiger partial charge is 0.157 e. The van der Waals surface area contributed by atoms with E-state index in [0.717, 1.165) is 30.2 Å². The van der Waals surface area contributed by atoms with Crippen molar-refractivity contribution in [3.63, 3.8) is 0 Å². The Kier molecular flexibility index (Phi) is 4.79. The van der Waals surface area contributed by atoms with Crippen molar-refractivity contribution in [2.24, 2.45) is 4.99 Å². The van der Waals surface area contributed by atoms with Crippen molar-refractivity contribution in [3.05, 3.63) is 35.9 Å². The number of rotatable bonds is 4. The molecule has 0 atom stereocenters. The molecule has 0 spiro atoms. The lowest BCUT2D eigenvalue weighted by atomic mass is 9.95. The Labute approximate surface area is 127 Å². The van der Waals surface area contributed by atoms with E-state index in [1.54, 1.807) is 0 Å². The van der Waals surface area contributed by atoms with E-state index in [1.807, 2.05) is 11.8 Å². The second-order valence-electron chi connectivity index (χ2n) is 6.82. The van der Waals surface area contributed by atoms with E-state index in [9.17, 15) is 0 Å². The van der Waals surface area contributed by atoms with Crippen molar-refractivity contribution in [2.75, 3.05) is 5.75 Å². The van der Waals surface area contributed by atoms with Gasteiger partial charge in [-0.05, 0) is 52.5 Å². The average molecular weight is 290 g/mol. The second kappa shape index (κ2) is 6.21. The van der Waals surface area contributed by atoms with Crippen molar-refractivity contribution in [1.82, 2.24) is 5.32 Å². The molecule has 0 aromatic heterocycles. The minimum atomic E-state index is 0.0785. The molecule has 1 aromatic rings. The van der Waals surface area contributed by atoms with Gasteiger partial charge in [-0.3, -0.25) is 4.99 Å². The number of nitrogens with one attached hydrogen (secondary N) is 1. The molecule has 2 nitrogen and oxygen atoms in total. The lowest BCUT2D eigenvalue weighted by Crippen LogP contribution is -2.45. The summed E-state index contributed by atoms with van der Waals surface area (Å²) in [4.78, 5) is 4.82. The fraction of sp³-hybridized carbons (Fsp3) is 0.588. The first-order valence-electron chi connectivity index (χ1n) is 7.41. The molecule has 1 aliphatic heterocycles. The molecule has 0 fully saturated rings. The van der Waals surface area contributed by atoms with Crippen LogP contribution in [0.1, 0.15) is 46.1 Å². The first-order valence-corrected chi connectivity index (χ1v) is 8.40. The van der Waals surface area contributed by atoms with Gasteiger partial charge in [0.2, 0.25) is 0 Å². The Hall–Kier alpha value is -0.960. The summed E-state index contributed by atoms with van der Waals surface area (Å²) >= 11 is 1.85. The number of aliphatic imine (C=N–C) groups is 1. The van der Waals surface area contributed by atoms with Crippen molar-refractivity contribution in [1.29, 1.82) is 0 Å². The molecule has 1 aromatic carbocycles. The number of nitrogens with zero attached hydrogens (tertiary/aromatic N) is 1. The third-order valence-corrected chi connectivity index (χ3v) is 4.56. The minimum Gasteiger partial charge on any atom is -0.360 e. The van der Waals surface area contributed by atoms with Crippen LogP contribution in [0, 0.1) is 0 Å². The van der Waals surface area contributed by atoms with E-state index in [1.165, 1.54) is 5.56 Å². The normalized spacial score (nSPS) is 18.5. The minimum absolute atomic E-state index is 0.0785. The maximum absolute atomic E-state index is 4.82. The molecule has 1 aliphatic rings. The number of benzene rings is 1. The van der Waals surface area contributed by atoms with Gasteiger partial charge >= 0.3 is 0 Å². The quantitative estimate of drug-likeness (QED) is 0.896.